The van der Waals surface area contributed by atoms with Gasteiger partial charge in [-0.1, -0.05) is 24.3 Å². The van der Waals surface area contributed by atoms with Gasteiger partial charge < -0.3 is 15.2 Å². The minimum Gasteiger partial charge on any atom is -0.481 e. The number of benzene rings is 1. The molecule has 1 aliphatic rings. The molecule has 1 heterocycles. The van der Waals surface area contributed by atoms with Crippen LogP contribution in [0.4, 0.5) is 5.69 Å². The van der Waals surface area contributed by atoms with Crippen LogP contribution in [0.3, 0.4) is 0 Å². The molecule has 0 saturated carbocycles. The highest BCUT2D eigenvalue weighted by atomic mass is 16.5. The number of fused-ring (bicyclic) bond motifs is 1. The van der Waals surface area contributed by atoms with Gasteiger partial charge in [0.15, 0.2) is 0 Å². The zero-order valence-electron chi connectivity index (χ0n) is 11.5. The molecule has 104 valence electrons. The van der Waals surface area contributed by atoms with E-state index >= 15 is 0 Å². The van der Waals surface area contributed by atoms with Gasteiger partial charge in [0.05, 0.1) is 12.8 Å². The number of anilines is 1. The summed E-state index contributed by atoms with van der Waals surface area (Å²) in [5.74, 6) is 0.962. The van der Waals surface area contributed by atoms with Gasteiger partial charge in [-0.15, -0.1) is 0 Å². The normalized spacial score (nSPS) is 17.4. The molecule has 0 aliphatic heterocycles. The Hall–Kier alpha value is -2.23. The highest BCUT2D eigenvalue weighted by Gasteiger charge is 2.22. The van der Waals surface area contributed by atoms with Gasteiger partial charge in [-0.05, 0) is 36.5 Å². The number of nitrogen functional groups attached to an aromatic ring is 1. The van der Waals surface area contributed by atoms with E-state index in [2.05, 4.69) is 23.2 Å². The summed E-state index contributed by atoms with van der Waals surface area (Å²) in [7, 11) is 1.58. The standard InChI is InChI=1S/C16H18N2O2/c1-19-15-10-9-13(17)16(18-15)20-14-8-4-6-11-5-2-3-7-12(11)14/h2-3,5,7,9-10,14H,4,6,8,17H2,1H3. The Morgan fingerprint density at radius 1 is 1.20 bits per heavy atom. The molecule has 4 heteroatoms. The van der Waals surface area contributed by atoms with Gasteiger partial charge in [0, 0.05) is 6.07 Å². The quantitative estimate of drug-likeness (QED) is 0.931. The maximum Gasteiger partial charge on any atom is 0.241 e. The molecule has 0 saturated heterocycles. The molecule has 1 atom stereocenters. The van der Waals surface area contributed by atoms with Crippen molar-refractivity contribution >= 4 is 5.69 Å². The largest absolute Gasteiger partial charge is 0.481 e. The Labute approximate surface area is 118 Å². The van der Waals surface area contributed by atoms with E-state index in [0.717, 1.165) is 19.3 Å². The van der Waals surface area contributed by atoms with Crippen LogP contribution >= 0.6 is 0 Å². The second kappa shape index (κ2) is 5.41. The van der Waals surface area contributed by atoms with Crippen LogP contribution in [0.1, 0.15) is 30.1 Å². The van der Waals surface area contributed by atoms with Crippen molar-refractivity contribution in [1.82, 2.24) is 4.98 Å². The Morgan fingerprint density at radius 3 is 2.90 bits per heavy atom. The van der Waals surface area contributed by atoms with Crippen molar-refractivity contribution < 1.29 is 9.47 Å². The fourth-order valence-corrected chi connectivity index (χ4v) is 2.61. The number of ether oxygens (including phenoxy) is 2. The van der Waals surface area contributed by atoms with Crippen molar-refractivity contribution in [3.05, 3.63) is 47.5 Å². The van der Waals surface area contributed by atoms with Crippen molar-refractivity contribution in [2.45, 2.75) is 25.4 Å². The number of hydrogen-bond acceptors (Lipinski definition) is 4. The van der Waals surface area contributed by atoms with Crippen molar-refractivity contribution in [3.8, 4) is 11.8 Å². The Bertz CT molecular complexity index is 613. The fraction of sp³-hybridized carbons (Fsp3) is 0.312. The zero-order chi connectivity index (χ0) is 13.9. The summed E-state index contributed by atoms with van der Waals surface area (Å²) < 4.78 is 11.2. The third-order valence-electron chi connectivity index (χ3n) is 3.64. The Morgan fingerprint density at radius 2 is 2.05 bits per heavy atom. The molecule has 20 heavy (non-hydrogen) atoms. The second-order valence-corrected chi connectivity index (χ2v) is 4.95. The molecule has 1 aliphatic carbocycles. The summed E-state index contributed by atoms with van der Waals surface area (Å²) in [6.07, 6.45) is 3.22. The van der Waals surface area contributed by atoms with Crippen LogP contribution in [-0.4, -0.2) is 12.1 Å². The van der Waals surface area contributed by atoms with Gasteiger partial charge >= 0.3 is 0 Å². The first-order chi connectivity index (χ1) is 9.78. The average Bonchev–Trinajstić information content (AvgIpc) is 2.50. The van der Waals surface area contributed by atoms with Crippen LogP contribution in [0.5, 0.6) is 11.8 Å². The monoisotopic (exact) mass is 270 g/mol. The van der Waals surface area contributed by atoms with E-state index in [-0.39, 0.29) is 6.10 Å². The molecule has 2 aromatic rings. The number of nitrogens with two attached hydrogens (primary N) is 1. The summed E-state index contributed by atoms with van der Waals surface area (Å²) in [5, 5.41) is 0. The summed E-state index contributed by atoms with van der Waals surface area (Å²) in [6.45, 7) is 0. The average molecular weight is 270 g/mol. The van der Waals surface area contributed by atoms with Crippen LogP contribution in [0.15, 0.2) is 36.4 Å². The Kier molecular flexibility index (Phi) is 3.46. The summed E-state index contributed by atoms with van der Waals surface area (Å²) in [4.78, 5) is 4.29. The lowest BCUT2D eigenvalue weighted by Gasteiger charge is -2.26. The molecular formula is C16H18N2O2. The molecule has 0 fully saturated rings. The first kappa shape index (κ1) is 12.8. The van der Waals surface area contributed by atoms with Crippen LogP contribution in [0.2, 0.25) is 0 Å². The minimum absolute atomic E-state index is 0.0156. The number of hydrogen-bond donors (Lipinski definition) is 1. The van der Waals surface area contributed by atoms with Gasteiger partial charge in [0.25, 0.3) is 0 Å². The maximum atomic E-state index is 6.04. The number of methoxy groups -OCH3 is 1. The molecule has 1 aromatic heterocycles. The van der Waals surface area contributed by atoms with Gasteiger partial charge in [-0.25, -0.2) is 0 Å². The predicted molar refractivity (Wildman–Crippen MR) is 78.0 cm³/mol. The number of aromatic nitrogens is 1. The van der Waals surface area contributed by atoms with Crippen molar-refractivity contribution in [2.24, 2.45) is 0 Å². The molecule has 0 radical (unpaired) electrons. The number of rotatable bonds is 3. The van der Waals surface area contributed by atoms with Crippen LogP contribution in [-0.2, 0) is 6.42 Å². The van der Waals surface area contributed by atoms with Crippen molar-refractivity contribution in [3.63, 3.8) is 0 Å². The highest BCUT2D eigenvalue weighted by Crippen LogP contribution is 2.35. The van der Waals surface area contributed by atoms with Crippen molar-refractivity contribution in [2.75, 3.05) is 12.8 Å². The molecule has 1 unspecified atom stereocenters. The van der Waals surface area contributed by atoms with Crippen molar-refractivity contribution in [1.29, 1.82) is 0 Å². The number of pyridine rings is 1. The van der Waals surface area contributed by atoms with Crippen LogP contribution < -0.4 is 15.2 Å². The lowest BCUT2D eigenvalue weighted by molar-refractivity contribution is 0.175. The highest BCUT2D eigenvalue weighted by molar-refractivity contribution is 5.49. The van der Waals surface area contributed by atoms with Crippen LogP contribution in [0, 0.1) is 0 Å². The number of nitrogens with zero attached hydrogens (tertiary/aromatic N) is 1. The third kappa shape index (κ3) is 2.41. The fourth-order valence-electron chi connectivity index (χ4n) is 2.61. The predicted octanol–water partition coefficient (Wildman–Crippen LogP) is 3.13. The molecule has 4 nitrogen and oxygen atoms in total. The summed E-state index contributed by atoms with van der Waals surface area (Å²) in [5.41, 5.74) is 9.06. The van der Waals surface area contributed by atoms with E-state index in [1.165, 1.54) is 11.1 Å². The van der Waals surface area contributed by atoms with E-state index in [0.29, 0.717) is 17.4 Å². The lowest BCUT2D eigenvalue weighted by atomic mass is 9.89. The second-order valence-electron chi connectivity index (χ2n) is 4.95. The van der Waals surface area contributed by atoms with E-state index in [9.17, 15) is 0 Å². The molecule has 0 spiro atoms. The zero-order valence-corrected chi connectivity index (χ0v) is 11.5. The summed E-state index contributed by atoms with van der Waals surface area (Å²) in [6, 6.07) is 11.9. The van der Waals surface area contributed by atoms with Gasteiger partial charge in [0.2, 0.25) is 11.8 Å². The minimum atomic E-state index is 0.0156. The molecule has 1 aromatic carbocycles. The Balaban J connectivity index is 1.89. The molecule has 2 N–H and O–H groups in total. The molecule has 0 amide bonds. The van der Waals surface area contributed by atoms with Crippen LogP contribution in [0.25, 0.3) is 0 Å². The number of aryl methyl sites for hydroxylation is 1. The van der Waals surface area contributed by atoms with Gasteiger partial charge in [0.1, 0.15) is 6.10 Å². The first-order valence-electron chi connectivity index (χ1n) is 6.83. The lowest BCUT2D eigenvalue weighted by Crippen LogP contribution is -2.16. The van der Waals surface area contributed by atoms with E-state index in [1.807, 2.05) is 6.07 Å². The van der Waals surface area contributed by atoms with E-state index in [4.69, 9.17) is 15.2 Å². The van der Waals surface area contributed by atoms with E-state index in [1.54, 1.807) is 19.2 Å². The van der Waals surface area contributed by atoms with Gasteiger partial charge in [-0.3, -0.25) is 0 Å². The van der Waals surface area contributed by atoms with E-state index < -0.39 is 0 Å². The smallest absolute Gasteiger partial charge is 0.241 e. The third-order valence-corrected chi connectivity index (χ3v) is 3.64. The maximum absolute atomic E-state index is 6.04. The molecular weight excluding hydrogens is 252 g/mol. The summed E-state index contributed by atoms with van der Waals surface area (Å²) >= 11 is 0. The van der Waals surface area contributed by atoms with Gasteiger partial charge in [-0.2, -0.15) is 4.98 Å². The first-order valence-corrected chi connectivity index (χ1v) is 6.83. The molecule has 0 bridgehead atoms. The molecule has 3 rings (SSSR count). The SMILES string of the molecule is COc1ccc(N)c(OC2CCCc3ccccc32)n1. The topological polar surface area (TPSA) is 57.4 Å².